The van der Waals surface area contributed by atoms with Crippen LogP contribution in [0.4, 0.5) is 0 Å². The van der Waals surface area contributed by atoms with Gasteiger partial charge >= 0.3 is 5.63 Å². The average molecular weight is 261 g/mol. The van der Waals surface area contributed by atoms with Crippen LogP contribution in [0.15, 0.2) is 39.5 Å². The molecule has 5 heteroatoms. The molecule has 2 rings (SSSR count). The molecule has 0 saturated heterocycles. The first-order valence-electron chi connectivity index (χ1n) is 6.08. The number of benzene rings is 1. The highest BCUT2D eigenvalue weighted by Crippen LogP contribution is 2.20. The summed E-state index contributed by atoms with van der Waals surface area (Å²) in [5, 5.41) is 3.48. The van der Waals surface area contributed by atoms with Gasteiger partial charge in [0.15, 0.2) is 6.10 Å². The number of hydrogen-bond donors (Lipinski definition) is 1. The van der Waals surface area contributed by atoms with E-state index in [0.717, 1.165) is 5.39 Å². The number of likely N-dealkylation sites (N-methyl/N-ethyl adjacent to an activating group) is 1. The minimum atomic E-state index is -0.604. The molecule has 1 aromatic heterocycles. The zero-order valence-corrected chi connectivity index (χ0v) is 10.8. The van der Waals surface area contributed by atoms with Crippen molar-refractivity contribution >= 4 is 16.9 Å². The van der Waals surface area contributed by atoms with Crippen molar-refractivity contribution in [2.45, 2.75) is 20.0 Å². The molecule has 0 saturated carbocycles. The van der Waals surface area contributed by atoms with Gasteiger partial charge in [-0.2, -0.15) is 0 Å². The van der Waals surface area contributed by atoms with Gasteiger partial charge in [0, 0.05) is 24.1 Å². The SMILES string of the molecule is CCNC(=O)[C@H](C)Oc1ccc2ccc(=O)oc2c1. The summed E-state index contributed by atoms with van der Waals surface area (Å²) >= 11 is 0. The minimum Gasteiger partial charge on any atom is -0.481 e. The van der Waals surface area contributed by atoms with Crippen LogP contribution in [0.25, 0.3) is 11.0 Å². The molecule has 1 amide bonds. The molecule has 1 N–H and O–H groups in total. The molecule has 1 aromatic carbocycles. The van der Waals surface area contributed by atoms with E-state index in [0.29, 0.717) is 17.9 Å². The molecule has 0 unspecified atom stereocenters. The first kappa shape index (κ1) is 13.1. The van der Waals surface area contributed by atoms with Crippen LogP contribution in [-0.4, -0.2) is 18.6 Å². The average Bonchev–Trinajstić information content (AvgIpc) is 2.38. The first-order chi connectivity index (χ1) is 9.10. The lowest BCUT2D eigenvalue weighted by Crippen LogP contribution is -2.36. The van der Waals surface area contributed by atoms with Crippen molar-refractivity contribution in [2.24, 2.45) is 0 Å². The van der Waals surface area contributed by atoms with E-state index in [4.69, 9.17) is 9.15 Å². The monoisotopic (exact) mass is 261 g/mol. The van der Waals surface area contributed by atoms with Gasteiger partial charge in [0.05, 0.1) is 0 Å². The minimum absolute atomic E-state index is 0.183. The van der Waals surface area contributed by atoms with Crippen molar-refractivity contribution in [1.29, 1.82) is 0 Å². The van der Waals surface area contributed by atoms with Crippen molar-refractivity contribution in [2.75, 3.05) is 6.54 Å². The molecule has 5 nitrogen and oxygen atoms in total. The summed E-state index contributed by atoms with van der Waals surface area (Å²) < 4.78 is 10.6. The van der Waals surface area contributed by atoms with Gasteiger partial charge in [0.1, 0.15) is 11.3 Å². The van der Waals surface area contributed by atoms with Gasteiger partial charge in [-0.15, -0.1) is 0 Å². The van der Waals surface area contributed by atoms with Crippen LogP contribution in [0, 0.1) is 0 Å². The number of carbonyl (C=O) groups excluding carboxylic acids is 1. The van der Waals surface area contributed by atoms with E-state index < -0.39 is 11.7 Å². The smallest absolute Gasteiger partial charge is 0.336 e. The lowest BCUT2D eigenvalue weighted by molar-refractivity contribution is -0.127. The number of hydrogen-bond acceptors (Lipinski definition) is 4. The van der Waals surface area contributed by atoms with Crippen molar-refractivity contribution in [3.8, 4) is 5.75 Å². The Hall–Kier alpha value is -2.30. The summed E-state index contributed by atoms with van der Waals surface area (Å²) in [4.78, 5) is 22.7. The lowest BCUT2D eigenvalue weighted by atomic mass is 10.2. The molecular formula is C14H15NO4. The Morgan fingerprint density at radius 1 is 1.37 bits per heavy atom. The van der Waals surface area contributed by atoms with Crippen LogP contribution >= 0.6 is 0 Å². The molecule has 1 heterocycles. The zero-order chi connectivity index (χ0) is 13.8. The molecule has 0 radical (unpaired) electrons. The summed E-state index contributed by atoms with van der Waals surface area (Å²) in [6, 6.07) is 8.15. The molecule has 1 atom stereocenters. The maximum atomic E-state index is 11.6. The number of fused-ring (bicyclic) bond motifs is 1. The Balaban J connectivity index is 2.21. The van der Waals surface area contributed by atoms with E-state index in [2.05, 4.69) is 5.32 Å². The maximum absolute atomic E-state index is 11.6. The zero-order valence-electron chi connectivity index (χ0n) is 10.8. The molecule has 0 aliphatic carbocycles. The van der Waals surface area contributed by atoms with E-state index in [1.807, 2.05) is 6.92 Å². The van der Waals surface area contributed by atoms with Gasteiger partial charge < -0.3 is 14.5 Å². The second kappa shape index (κ2) is 5.56. The Labute approximate surface area is 110 Å². The van der Waals surface area contributed by atoms with E-state index >= 15 is 0 Å². The van der Waals surface area contributed by atoms with E-state index in [9.17, 15) is 9.59 Å². The Bertz CT molecular complexity index is 647. The highest BCUT2D eigenvalue weighted by Gasteiger charge is 2.13. The van der Waals surface area contributed by atoms with Crippen molar-refractivity contribution in [1.82, 2.24) is 5.32 Å². The lowest BCUT2D eigenvalue weighted by Gasteiger charge is -2.14. The molecular weight excluding hydrogens is 246 g/mol. The van der Waals surface area contributed by atoms with E-state index in [1.165, 1.54) is 6.07 Å². The van der Waals surface area contributed by atoms with Crippen LogP contribution in [0.5, 0.6) is 5.75 Å². The van der Waals surface area contributed by atoms with Crippen molar-refractivity contribution in [3.05, 3.63) is 40.8 Å². The quantitative estimate of drug-likeness (QED) is 0.850. The summed E-state index contributed by atoms with van der Waals surface area (Å²) in [5.74, 6) is 0.303. The third-order valence-corrected chi connectivity index (χ3v) is 2.63. The third kappa shape index (κ3) is 3.13. The second-order valence-corrected chi connectivity index (χ2v) is 4.11. The summed E-state index contributed by atoms with van der Waals surface area (Å²) in [5.41, 5.74) is 0.0227. The van der Waals surface area contributed by atoms with Crippen molar-refractivity contribution in [3.63, 3.8) is 0 Å². The fraction of sp³-hybridized carbons (Fsp3) is 0.286. The Morgan fingerprint density at radius 3 is 2.84 bits per heavy atom. The van der Waals surface area contributed by atoms with Gasteiger partial charge in [-0.05, 0) is 32.0 Å². The Kier molecular flexibility index (Phi) is 3.85. The summed E-state index contributed by atoms with van der Waals surface area (Å²) in [6.07, 6.45) is -0.604. The van der Waals surface area contributed by atoms with Gasteiger partial charge in [-0.3, -0.25) is 4.79 Å². The molecule has 0 aliphatic rings. The number of rotatable bonds is 4. The number of amides is 1. The van der Waals surface area contributed by atoms with Crippen LogP contribution in [-0.2, 0) is 4.79 Å². The highest BCUT2D eigenvalue weighted by molar-refractivity contribution is 5.81. The molecule has 0 aliphatic heterocycles. The molecule has 0 spiro atoms. The van der Waals surface area contributed by atoms with Crippen LogP contribution in [0.3, 0.4) is 0 Å². The van der Waals surface area contributed by atoms with Gasteiger partial charge in [0.2, 0.25) is 0 Å². The summed E-state index contributed by atoms with van der Waals surface area (Å²) in [6.45, 7) is 4.06. The second-order valence-electron chi connectivity index (χ2n) is 4.11. The van der Waals surface area contributed by atoms with Gasteiger partial charge in [-0.1, -0.05) is 0 Å². The number of nitrogens with one attached hydrogen (secondary N) is 1. The largest absolute Gasteiger partial charge is 0.481 e. The highest BCUT2D eigenvalue weighted by atomic mass is 16.5. The van der Waals surface area contributed by atoms with Crippen LogP contribution in [0.1, 0.15) is 13.8 Å². The van der Waals surface area contributed by atoms with Gasteiger partial charge in [0.25, 0.3) is 5.91 Å². The fourth-order valence-electron chi connectivity index (χ4n) is 1.69. The third-order valence-electron chi connectivity index (χ3n) is 2.63. The predicted molar refractivity (Wildman–Crippen MR) is 71.3 cm³/mol. The van der Waals surface area contributed by atoms with E-state index in [1.54, 1.807) is 31.2 Å². The number of carbonyl (C=O) groups is 1. The van der Waals surface area contributed by atoms with E-state index in [-0.39, 0.29) is 5.91 Å². The molecule has 0 fully saturated rings. The topological polar surface area (TPSA) is 68.5 Å². The normalized spacial score (nSPS) is 12.1. The first-order valence-corrected chi connectivity index (χ1v) is 6.08. The number of ether oxygens (including phenoxy) is 1. The fourth-order valence-corrected chi connectivity index (χ4v) is 1.69. The predicted octanol–water partition coefficient (Wildman–Crippen LogP) is 1.70. The van der Waals surface area contributed by atoms with Crippen molar-refractivity contribution < 1.29 is 13.9 Å². The molecule has 100 valence electrons. The molecule has 0 bridgehead atoms. The summed E-state index contributed by atoms with van der Waals surface area (Å²) in [7, 11) is 0. The molecule has 19 heavy (non-hydrogen) atoms. The standard InChI is InChI=1S/C14H15NO4/c1-3-15-14(17)9(2)18-11-6-4-10-5-7-13(16)19-12(10)8-11/h4-9H,3H2,1-2H3,(H,15,17)/t9-/m0/s1. The Morgan fingerprint density at radius 2 is 2.11 bits per heavy atom. The maximum Gasteiger partial charge on any atom is 0.336 e. The van der Waals surface area contributed by atoms with Crippen LogP contribution < -0.4 is 15.7 Å². The molecule has 2 aromatic rings. The van der Waals surface area contributed by atoms with Crippen LogP contribution in [0.2, 0.25) is 0 Å². The van der Waals surface area contributed by atoms with Gasteiger partial charge in [-0.25, -0.2) is 4.79 Å².